The summed E-state index contributed by atoms with van der Waals surface area (Å²) >= 11 is 4.59. The summed E-state index contributed by atoms with van der Waals surface area (Å²) in [5.74, 6) is -0.859. The van der Waals surface area contributed by atoms with Gasteiger partial charge in [0, 0.05) is 36.7 Å². The molecule has 7 nitrogen and oxygen atoms in total. The summed E-state index contributed by atoms with van der Waals surface area (Å²) in [5.41, 5.74) is 8.04. The summed E-state index contributed by atoms with van der Waals surface area (Å²) in [6.07, 6.45) is 4.78. The number of anilines is 1. The number of aryl methyl sites for hydroxylation is 1. The van der Waals surface area contributed by atoms with E-state index in [-0.39, 0.29) is 23.7 Å². The molecule has 32 heavy (non-hydrogen) atoms. The zero-order chi connectivity index (χ0) is 23.1. The Morgan fingerprint density at radius 2 is 1.94 bits per heavy atom. The highest BCUT2D eigenvalue weighted by Crippen LogP contribution is 2.23. The van der Waals surface area contributed by atoms with Gasteiger partial charge in [0.1, 0.15) is 5.82 Å². The van der Waals surface area contributed by atoms with Gasteiger partial charge in [-0.1, -0.05) is 18.2 Å². The number of amides is 1. The monoisotopic (exact) mass is 457 g/mol. The smallest absolute Gasteiger partial charge is 0.307 e. The van der Waals surface area contributed by atoms with Crippen molar-refractivity contribution in [2.75, 3.05) is 25.4 Å². The molecule has 2 heterocycles. The van der Waals surface area contributed by atoms with Gasteiger partial charge >= 0.3 is 5.97 Å². The second-order valence-electron chi connectivity index (χ2n) is 8.46. The third-order valence-electron chi connectivity index (χ3n) is 6.15. The van der Waals surface area contributed by atoms with Crippen molar-refractivity contribution < 1.29 is 19.8 Å². The van der Waals surface area contributed by atoms with Gasteiger partial charge in [0.25, 0.3) is 5.91 Å². The molecule has 1 aliphatic rings. The largest absolute Gasteiger partial charge is 0.481 e. The molecule has 1 aliphatic heterocycles. The number of nitrogens with two attached hydrogens (primary N) is 1. The van der Waals surface area contributed by atoms with E-state index in [9.17, 15) is 19.8 Å². The summed E-state index contributed by atoms with van der Waals surface area (Å²) < 4.78 is 0. The molecule has 4 N–H and O–H groups in total. The van der Waals surface area contributed by atoms with Crippen LogP contribution in [0, 0.1) is 11.8 Å². The Kier molecular flexibility index (Phi) is 8.53. The second-order valence-corrected chi connectivity index (χ2v) is 9.13. The lowest BCUT2D eigenvalue weighted by atomic mass is 9.92. The van der Waals surface area contributed by atoms with Crippen molar-refractivity contribution in [3.05, 3.63) is 59.3 Å². The molecule has 1 aromatic heterocycles. The Labute approximate surface area is 194 Å². The van der Waals surface area contributed by atoms with Gasteiger partial charge in [0.2, 0.25) is 0 Å². The van der Waals surface area contributed by atoms with Crippen molar-refractivity contribution in [1.29, 1.82) is 0 Å². The molecule has 2 unspecified atom stereocenters. The van der Waals surface area contributed by atoms with Crippen LogP contribution in [-0.4, -0.2) is 56.9 Å². The highest BCUT2D eigenvalue weighted by Gasteiger charge is 2.26. The van der Waals surface area contributed by atoms with E-state index >= 15 is 0 Å². The topological polar surface area (TPSA) is 117 Å². The molecule has 172 valence electrons. The number of pyridine rings is 1. The number of nitrogen functional groups attached to an aromatic ring is 1. The van der Waals surface area contributed by atoms with Gasteiger partial charge in [-0.25, -0.2) is 4.98 Å². The van der Waals surface area contributed by atoms with Crippen LogP contribution in [0.3, 0.4) is 0 Å². The minimum atomic E-state index is -0.892. The first-order valence-corrected chi connectivity index (χ1v) is 11.5. The van der Waals surface area contributed by atoms with Crippen LogP contribution in [0.25, 0.3) is 0 Å². The molecular formula is C24H31N3O4S. The fourth-order valence-corrected chi connectivity index (χ4v) is 4.44. The Morgan fingerprint density at radius 1 is 1.19 bits per heavy atom. The summed E-state index contributed by atoms with van der Waals surface area (Å²) in [7, 11) is 0. The fourth-order valence-electron chi connectivity index (χ4n) is 4.08. The number of thiol groups is 1. The molecule has 2 atom stereocenters. The first-order chi connectivity index (χ1) is 15.4. The number of rotatable bonds is 9. The van der Waals surface area contributed by atoms with Gasteiger partial charge in [-0.15, -0.1) is 0 Å². The first kappa shape index (κ1) is 24.1. The lowest BCUT2D eigenvalue weighted by Crippen LogP contribution is -2.39. The summed E-state index contributed by atoms with van der Waals surface area (Å²) in [5, 5.41) is 18.6. The van der Waals surface area contributed by atoms with Crippen molar-refractivity contribution in [1.82, 2.24) is 9.88 Å². The van der Waals surface area contributed by atoms with Crippen LogP contribution in [0.1, 0.15) is 40.7 Å². The summed E-state index contributed by atoms with van der Waals surface area (Å²) in [4.78, 5) is 30.6. The number of aromatic nitrogens is 1. The lowest BCUT2D eigenvalue weighted by molar-refractivity contribution is -0.141. The Balaban J connectivity index is 1.59. The van der Waals surface area contributed by atoms with E-state index in [0.29, 0.717) is 43.7 Å². The third kappa shape index (κ3) is 6.46. The van der Waals surface area contributed by atoms with E-state index in [4.69, 9.17) is 5.73 Å². The standard InChI is InChI=1S/C24H31N3O4S/c25-22-7-5-18(14-26-22)13-20(24(30)31)21(32)6-4-16-2-1-3-19(12-16)23(29)27-10-8-17(15-28)9-11-27/h1-3,5,7,12,14,17,20-21,28,32H,4,6,8-11,13,15H2,(H2,25,26)(H,30,31). The van der Waals surface area contributed by atoms with E-state index in [1.807, 2.05) is 29.2 Å². The van der Waals surface area contributed by atoms with Gasteiger partial charge in [0.05, 0.1) is 5.92 Å². The summed E-state index contributed by atoms with van der Waals surface area (Å²) in [6.45, 7) is 1.50. The molecule has 0 spiro atoms. The van der Waals surface area contributed by atoms with Crippen molar-refractivity contribution in [3.63, 3.8) is 0 Å². The van der Waals surface area contributed by atoms with E-state index in [1.54, 1.807) is 18.3 Å². The quantitative estimate of drug-likeness (QED) is 0.430. The van der Waals surface area contributed by atoms with Gasteiger partial charge in [0.15, 0.2) is 0 Å². The molecule has 0 saturated carbocycles. The van der Waals surface area contributed by atoms with Crippen LogP contribution in [0.2, 0.25) is 0 Å². The maximum absolute atomic E-state index is 12.9. The van der Waals surface area contributed by atoms with Crippen molar-refractivity contribution in [2.24, 2.45) is 11.8 Å². The number of carboxylic acid groups (broad SMARTS) is 1. The molecule has 0 aliphatic carbocycles. The van der Waals surface area contributed by atoms with E-state index in [0.717, 1.165) is 24.0 Å². The SMILES string of the molecule is Nc1ccc(CC(C(=O)O)C(S)CCc2cccc(C(=O)N3CCC(CO)CC3)c2)cn1. The predicted octanol–water partition coefficient (Wildman–Crippen LogP) is 2.68. The number of likely N-dealkylation sites (tertiary alicyclic amines) is 1. The molecular weight excluding hydrogens is 426 g/mol. The zero-order valence-corrected chi connectivity index (χ0v) is 19.0. The number of benzene rings is 1. The fraction of sp³-hybridized carbons (Fsp3) is 0.458. The van der Waals surface area contributed by atoms with Crippen LogP contribution in [0.5, 0.6) is 0 Å². The van der Waals surface area contributed by atoms with Gasteiger partial charge in [-0.05, 0) is 67.3 Å². The van der Waals surface area contributed by atoms with E-state index in [1.165, 1.54) is 0 Å². The third-order valence-corrected chi connectivity index (χ3v) is 6.77. The number of carboxylic acids is 1. The van der Waals surface area contributed by atoms with Crippen LogP contribution in [0.15, 0.2) is 42.6 Å². The Morgan fingerprint density at radius 3 is 2.56 bits per heavy atom. The minimum Gasteiger partial charge on any atom is -0.481 e. The first-order valence-electron chi connectivity index (χ1n) is 11.0. The highest BCUT2D eigenvalue weighted by molar-refractivity contribution is 7.81. The maximum atomic E-state index is 12.9. The Bertz CT molecular complexity index is 914. The predicted molar refractivity (Wildman–Crippen MR) is 127 cm³/mol. The molecule has 8 heteroatoms. The van der Waals surface area contributed by atoms with Crippen molar-refractivity contribution >= 4 is 30.3 Å². The molecule has 2 aromatic rings. The number of piperidine rings is 1. The number of hydrogen-bond acceptors (Lipinski definition) is 6. The van der Waals surface area contributed by atoms with E-state index in [2.05, 4.69) is 17.6 Å². The highest BCUT2D eigenvalue weighted by atomic mass is 32.1. The number of aliphatic hydroxyl groups excluding tert-OH is 1. The lowest BCUT2D eigenvalue weighted by Gasteiger charge is -2.31. The van der Waals surface area contributed by atoms with E-state index < -0.39 is 11.9 Å². The van der Waals surface area contributed by atoms with Crippen molar-refractivity contribution in [3.8, 4) is 0 Å². The molecule has 1 amide bonds. The van der Waals surface area contributed by atoms with Crippen LogP contribution >= 0.6 is 12.6 Å². The normalized spacial score (nSPS) is 16.5. The van der Waals surface area contributed by atoms with Crippen LogP contribution in [-0.2, 0) is 17.6 Å². The summed E-state index contributed by atoms with van der Waals surface area (Å²) in [6, 6.07) is 11.0. The average molecular weight is 458 g/mol. The number of carbonyl (C=O) groups is 2. The molecule has 1 saturated heterocycles. The second kappa shape index (κ2) is 11.3. The number of aliphatic hydroxyl groups is 1. The maximum Gasteiger partial charge on any atom is 0.307 e. The molecule has 1 aromatic carbocycles. The number of hydrogen-bond donors (Lipinski definition) is 4. The van der Waals surface area contributed by atoms with Gasteiger partial charge < -0.3 is 20.8 Å². The average Bonchev–Trinajstić information content (AvgIpc) is 2.81. The van der Waals surface area contributed by atoms with Gasteiger partial charge in [-0.2, -0.15) is 12.6 Å². The number of nitrogens with zero attached hydrogens (tertiary/aromatic N) is 2. The minimum absolute atomic E-state index is 0.00456. The zero-order valence-electron chi connectivity index (χ0n) is 18.1. The van der Waals surface area contributed by atoms with Crippen LogP contribution in [0.4, 0.5) is 5.82 Å². The molecule has 0 bridgehead atoms. The Hall–Kier alpha value is -2.58. The van der Waals surface area contributed by atoms with Gasteiger partial charge in [-0.3, -0.25) is 9.59 Å². The molecule has 3 rings (SSSR count). The number of aliphatic carboxylic acids is 1. The molecule has 1 fully saturated rings. The number of carbonyl (C=O) groups excluding carboxylic acids is 1. The van der Waals surface area contributed by atoms with Crippen molar-refractivity contribution in [2.45, 2.75) is 37.4 Å². The molecule has 0 radical (unpaired) electrons. The van der Waals surface area contributed by atoms with Crippen LogP contribution < -0.4 is 5.73 Å².